The Labute approximate surface area is 220 Å². The van der Waals surface area contributed by atoms with Gasteiger partial charge < -0.3 is 4.57 Å². The van der Waals surface area contributed by atoms with Gasteiger partial charge in [0.2, 0.25) is 11.2 Å². The summed E-state index contributed by atoms with van der Waals surface area (Å²) in [6, 6.07) is 31.9. The summed E-state index contributed by atoms with van der Waals surface area (Å²) >= 11 is 0. The third kappa shape index (κ3) is 3.72. The van der Waals surface area contributed by atoms with Crippen molar-refractivity contribution in [1.29, 1.82) is 0 Å². The molecule has 4 aromatic carbocycles. The van der Waals surface area contributed by atoms with Gasteiger partial charge in [-0.3, -0.25) is 0 Å². The molecule has 0 saturated heterocycles. The minimum Gasteiger partial charge on any atom is -0.308 e. The Morgan fingerprint density at radius 1 is 0.676 bits per heavy atom. The molecule has 0 aliphatic carbocycles. The van der Waals surface area contributed by atoms with Crippen LogP contribution in [0.25, 0.3) is 49.7 Å². The van der Waals surface area contributed by atoms with Gasteiger partial charge in [0.05, 0.1) is 30.2 Å². The molecule has 6 aromatic rings. The van der Waals surface area contributed by atoms with E-state index in [2.05, 4.69) is 142 Å². The average molecular weight is 500 g/mol. The van der Waals surface area contributed by atoms with Crippen LogP contribution in [-0.2, 0) is 7.05 Å². The monoisotopic (exact) mass is 499 g/mol. The lowest BCUT2D eigenvalue weighted by molar-refractivity contribution is -0.633. The zero-order chi connectivity index (χ0) is 26.1. The lowest BCUT2D eigenvalue weighted by Gasteiger charge is -2.17. The maximum Gasteiger partial charge on any atom is 0.215 e. The van der Waals surface area contributed by atoms with Crippen molar-refractivity contribution in [3.05, 3.63) is 102 Å². The third-order valence-electron chi connectivity index (χ3n) is 8.04. The molecule has 0 bridgehead atoms. The number of rotatable bonds is 3. The molecular weight excluding hydrogens is 464 g/mol. The van der Waals surface area contributed by atoms with Crippen molar-refractivity contribution in [3.63, 3.8) is 0 Å². The van der Waals surface area contributed by atoms with Gasteiger partial charge in [-0.2, -0.15) is 4.57 Å². The average Bonchev–Trinajstić information content (AvgIpc) is 3.20. The van der Waals surface area contributed by atoms with Crippen LogP contribution in [0.3, 0.4) is 0 Å². The van der Waals surface area contributed by atoms with E-state index in [4.69, 9.17) is 0 Å². The summed E-state index contributed by atoms with van der Waals surface area (Å²) in [7, 11) is 0.757. The fourth-order valence-corrected chi connectivity index (χ4v) is 7.03. The predicted octanol–water partition coefficient (Wildman–Crippen LogP) is 7.90. The molecule has 0 saturated carbocycles. The van der Waals surface area contributed by atoms with E-state index >= 15 is 0 Å². The molecule has 0 aliphatic rings. The lowest BCUT2D eigenvalue weighted by Crippen LogP contribution is -2.37. The van der Waals surface area contributed by atoms with E-state index in [1.54, 1.807) is 0 Å². The van der Waals surface area contributed by atoms with Crippen LogP contribution < -0.4 is 9.75 Å². The topological polar surface area (TPSA) is 8.81 Å². The highest BCUT2D eigenvalue weighted by Gasteiger charge is 2.24. The van der Waals surface area contributed by atoms with Gasteiger partial charge in [0.25, 0.3) is 0 Å². The van der Waals surface area contributed by atoms with Gasteiger partial charge in [0.1, 0.15) is 7.05 Å². The highest BCUT2D eigenvalue weighted by Crippen LogP contribution is 2.36. The molecule has 0 fully saturated rings. The van der Waals surface area contributed by atoms with Crippen LogP contribution in [0.1, 0.15) is 16.7 Å². The summed E-state index contributed by atoms with van der Waals surface area (Å²) in [5.41, 5.74) is 11.5. The van der Waals surface area contributed by atoms with E-state index < -0.39 is 8.07 Å². The Balaban J connectivity index is 1.77. The number of fused-ring (bicyclic) bond motifs is 4. The van der Waals surface area contributed by atoms with E-state index in [-0.39, 0.29) is 0 Å². The molecule has 0 radical (unpaired) electrons. The number of nitrogens with zero attached hydrogens (tertiary/aromatic N) is 2. The summed E-state index contributed by atoms with van der Waals surface area (Å²) in [5.74, 6) is 0. The molecule has 0 N–H and O–H groups in total. The Morgan fingerprint density at radius 2 is 1.35 bits per heavy atom. The lowest BCUT2D eigenvalue weighted by atomic mass is 9.96. The number of para-hydroxylation sites is 2. The van der Waals surface area contributed by atoms with Crippen molar-refractivity contribution < 1.29 is 4.57 Å². The van der Waals surface area contributed by atoms with Crippen molar-refractivity contribution in [2.75, 3.05) is 0 Å². The highest BCUT2D eigenvalue weighted by atomic mass is 28.3. The molecule has 2 heterocycles. The molecule has 0 amide bonds. The maximum atomic E-state index is 2.49. The van der Waals surface area contributed by atoms with E-state index in [9.17, 15) is 0 Å². The van der Waals surface area contributed by atoms with Crippen molar-refractivity contribution in [2.45, 2.75) is 40.4 Å². The molecular formula is C34H35N2Si+. The molecule has 0 atom stereocenters. The first kappa shape index (κ1) is 23.7. The number of pyridine rings is 1. The molecule has 3 heteroatoms. The Hall–Kier alpha value is -3.69. The summed E-state index contributed by atoms with van der Waals surface area (Å²) in [5, 5.41) is 5.42. The molecule has 0 spiro atoms. The first-order valence-corrected chi connectivity index (χ1v) is 16.7. The Morgan fingerprint density at radius 3 is 2.11 bits per heavy atom. The number of aryl methyl sites for hydroxylation is 3. The zero-order valence-corrected chi connectivity index (χ0v) is 24.0. The van der Waals surface area contributed by atoms with Crippen LogP contribution in [0.5, 0.6) is 0 Å². The third-order valence-corrected chi connectivity index (χ3v) is 10.1. The van der Waals surface area contributed by atoms with E-state index in [1.165, 1.54) is 71.5 Å². The van der Waals surface area contributed by atoms with E-state index in [0.717, 1.165) is 0 Å². The van der Waals surface area contributed by atoms with E-state index in [0.29, 0.717) is 0 Å². The molecule has 0 aliphatic heterocycles. The standard InChI is InChI=1S/C34H35N2Si/c1-22-18-23(2)24(3)28(19-22)33-21-34(27-13-9-10-14-30(27)35(33)4)36-31-15-11-8-12-26(31)29-20-25(37(5,6)7)16-17-32(29)36/h8-21H,1-7H3/q+1. The second-order valence-electron chi connectivity index (χ2n) is 11.6. The summed E-state index contributed by atoms with van der Waals surface area (Å²) in [4.78, 5) is 0. The minimum atomic E-state index is -1.44. The van der Waals surface area contributed by atoms with Gasteiger partial charge in [0, 0.05) is 28.5 Å². The van der Waals surface area contributed by atoms with Crippen LogP contribution in [-0.4, -0.2) is 12.6 Å². The smallest absolute Gasteiger partial charge is 0.215 e. The van der Waals surface area contributed by atoms with Crippen LogP contribution in [0.2, 0.25) is 19.6 Å². The molecule has 2 aromatic heterocycles. The number of hydrogen-bond acceptors (Lipinski definition) is 0. The van der Waals surface area contributed by atoms with Gasteiger partial charge in [-0.05, 0) is 56.2 Å². The quantitative estimate of drug-likeness (QED) is 0.173. The molecule has 37 heavy (non-hydrogen) atoms. The summed E-state index contributed by atoms with van der Waals surface area (Å²) < 4.78 is 4.85. The SMILES string of the molecule is Cc1cc(C)c(C)c(-c2cc(-n3c4ccccc4c4cc([Si](C)(C)C)ccc43)c3ccccc3[n+]2C)c1. The fourth-order valence-electron chi connectivity index (χ4n) is 5.86. The number of hydrogen-bond donors (Lipinski definition) is 0. The number of benzene rings is 4. The van der Waals surface area contributed by atoms with Crippen molar-refractivity contribution in [3.8, 4) is 16.9 Å². The predicted molar refractivity (Wildman–Crippen MR) is 162 cm³/mol. The first-order chi connectivity index (χ1) is 17.6. The van der Waals surface area contributed by atoms with Crippen molar-refractivity contribution in [2.24, 2.45) is 7.05 Å². The second kappa shape index (κ2) is 8.42. The summed E-state index contributed by atoms with van der Waals surface area (Å²) in [6.45, 7) is 13.9. The molecule has 0 unspecified atom stereocenters. The van der Waals surface area contributed by atoms with Crippen LogP contribution in [0.15, 0.2) is 84.9 Å². The Bertz CT molecular complexity index is 1850. The summed E-state index contributed by atoms with van der Waals surface area (Å²) in [6.07, 6.45) is 0. The van der Waals surface area contributed by atoms with Gasteiger partial charge in [-0.15, -0.1) is 0 Å². The molecule has 2 nitrogen and oxygen atoms in total. The highest BCUT2D eigenvalue weighted by molar-refractivity contribution is 6.88. The Kier molecular flexibility index (Phi) is 5.39. The normalized spacial score (nSPS) is 12.2. The van der Waals surface area contributed by atoms with Crippen molar-refractivity contribution in [1.82, 2.24) is 4.57 Å². The number of aromatic nitrogens is 2. The van der Waals surface area contributed by atoms with Gasteiger partial charge in [-0.25, -0.2) is 0 Å². The zero-order valence-electron chi connectivity index (χ0n) is 23.0. The van der Waals surface area contributed by atoms with Crippen LogP contribution in [0.4, 0.5) is 0 Å². The van der Waals surface area contributed by atoms with Crippen LogP contribution in [0, 0.1) is 20.8 Å². The maximum absolute atomic E-state index is 2.49. The van der Waals surface area contributed by atoms with Gasteiger partial charge in [0.15, 0.2) is 0 Å². The fraction of sp³-hybridized carbons (Fsp3) is 0.206. The molecule has 6 rings (SSSR count). The second-order valence-corrected chi connectivity index (χ2v) is 16.7. The first-order valence-electron chi connectivity index (χ1n) is 13.2. The van der Waals surface area contributed by atoms with Crippen LogP contribution >= 0.6 is 0 Å². The minimum absolute atomic E-state index is 1.23. The van der Waals surface area contributed by atoms with E-state index in [1.807, 2.05) is 0 Å². The van der Waals surface area contributed by atoms with Gasteiger partial charge >= 0.3 is 0 Å². The largest absolute Gasteiger partial charge is 0.308 e. The molecule has 184 valence electrons. The van der Waals surface area contributed by atoms with Gasteiger partial charge in [-0.1, -0.05) is 78.9 Å². The van der Waals surface area contributed by atoms with Crippen molar-refractivity contribution >= 4 is 46.0 Å².